The highest BCUT2D eigenvalue weighted by atomic mass is 32.2. The van der Waals surface area contributed by atoms with Crippen molar-refractivity contribution in [2.75, 3.05) is 20.8 Å². The van der Waals surface area contributed by atoms with E-state index in [1.807, 2.05) is 38.4 Å². The Labute approximate surface area is 139 Å². The Balaban J connectivity index is 2.35. The monoisotopic (exact) mass is 333 g/mol. The average Bonchev–Trinajstić information content (AvgIpc) is 2.50. The summed E-state index contributed by atoms with van der Waals surface area (Å²) < 4.78 is 12.5. The molecule has 0 aliphatic rings. The minimum atomic E-state index is -0.519. The second-order valence-corrected chi connectivity index (χ2v) is 6.53. The van der Waals surface area contributed by atoms with Crippen LogP contribution < -0.4 is 0 Å². The van der Waals surface area contributed by atoms with Gasteiger partial charge in [-0.2, -0.15) is 0 Å². The van der Waals surface area contributed by atoms with Crippen LogP contribution in [0.4, 0.5) is 10.1 Å². The van der Waals surface area contributed by atoms with Gasteiger partial charge in [-0.15, -0.1) is 0 Å². The molecule has 2 rings (SSSR count). The van der Waals surface area contributed by atoms with Crippen LogP contribution in [0, 0.1) is 10.1 Å². The Morgan fingerprint density at radius 1 is 1.17 bits per heavy atom. The molecule has 0 spiro atoms. The number of alkyl halides is 1. The van der Waals surface area contributed by atoms with Crippen molar-refractivity contribution in [1.82, 2.24) is 4.90 Å². The molecule has 122 valence electrons. The maximum absolute atomic E-state index is 12.5. The third-order valence-electron chi connectivity index (χ3n) is 3.28. The van der Waals surface area contributed by atoms with E-state index in [1.165, 1.54) is 17.8 Å². The standard InChI is InChI=1S/C17H19FN2O2S/c1-19(2)12-14-5-3-4-6-16(14)23-17-8-7-13(9-10-18)11-15(17)20(21)22/h3-8,11H,9-10,12H2,1-2H3/i18-1. The summed E-state index contributed by atoms with van der Waals surface area (Å²) in [7, 11) is 3.96. The van der Waals surface area contributed by atoms with Gasteiger partial charge in [0.05, 0.1) is 16.5 Å². The maximum Gasteiger partial charge on any atom is 0.283 e. The van der Waals surface area contributed by atoms with E-state index in [0.29, 0.717) is 10.5 Å². The lowest BCUT2D eigenvalue weighted by Crippen LogP contribution is -2.11. The van der Waals surface area contributed by atoms with Crippen molar-refractivity contribution < 1.29 is 9.31 Å². The fraction of sp³-hybridized carbons (Fsp3) is 0.294. The lowest BCUT2D eigenvalue weighted by Gasteiger charge is -2.14. The van der Waals surface area contributed by atoms with Crippen molar-refractivity contribution in [1.29, 1.82) is 0 Å². The normalized spacial score (nSPS) is 11.0. The molecule has 0 aliphatic carbocycles. The molecule has 2 aromatic rings. The minimum absolute atomic E-state index is 0.0283. The molecule has 0 atom stereocenters. The van der Waals surface area contributed by atoms with E-state index < -0.39 is 11.6 Å². The van der Waals surface area contributed by atoms with E-state index in [-0.39, 0.29) is 12.1 Å². The Hall–Kier alpha value is -1.92. The van der Waals surface area contributed by atoms with Gasteiger partial charge in [-0.25, -0.2) is 0 Å². The highest BCUT2D eigenvalue weighted by molar-refractivity contribution is 7.99. The molecule has 0 saturated carbocycles. The number of hydrogen-bond donors (Lipinski definition) is 0. The Bertz CT molecular complexity index is 692. The van der Waals surface area contributed by atoms with Crippen LogP contribution in [0.25, 0.3) is 0 Å². The van der Waals surface area contributed by atoms with E-state index in [1.54, 1.807) is 12.1 Å². The van der Waals surface area contributed by atoms with Crippen LogP contribution in [-0.2, 0) is 13.0 Å². The van der Waals surface area contributed by atoms with Crippen molar-refractivity contribution in [3.05, 3.63) is 63.7 Å². The van der Waals surface area contributed by atoms with Crippen molar-refractivity contribution in [3.63, 3.8) is 0 Å². The summed E-state index contributed by atoms with van der Waals surface area (Å²) >= 11 is 1.38. The van der Waals surface area contributed by atoms with E-state index in [0.717, 1.165) is 17.0 Å². The number of nitro groups is 1. The average molecular weight is 333 g/mol. The molecule has 2 aromatic carbocycles. The second-order valence-electron chi connectivity index (χ2n) is 5.45. The van der Waals surface area contributed by atoms with E-state index >= 15 is 0 Å². The number of halogens is 1. The van der Waals surface area contributed by atoms with Crippen molar-refractivity contribution in [3.8, 4) is 0 Å². The third kappa shape index (κ3) is 4.77. The van der Waals surface area contributed by atoms with Gasteiger partial charge in [0.25, 0.3) is 5.69 Å². The van der Waals surface area contributed by atoms with Crippen LogP contribution in [0.15, 0.2) is 52.3 Å². The molecule has 0 amide bonds. The van der Waals surface area contributed by atoms with E-state index in [2.05, 4.69) is 4.90 Å². The molecule has 0 bridgehead atoms. The minimum Gasteiger partial charge on any atom is -0.305 e. The first-order valence-electron chi connectivity index (χ1n) is 7.25. The number of rotatable bonds is 7. The smallest absolute Gasteiger partial charge is 0.283 e. The van der Waals surface area contributed by atoms with Gasteiger partial charge in [0, 0.05) is 23.9 Å². The Morgan fingerprint density at radius 2 is 1.91 bits per heavy atom. The van der Waals surface area contributed by atoms with E-state index in [4.69, 9.17) is 0 Å². The molecule has 0 saturated heterocycles. The third-order valence-corrected chi connectivity index (χ3v) is 4.47. The van der Waals surface area contributed by atoms with E-state index in [9.17, 15) is 14.5 Å². The molecular formula is C17H19FN2O2S. The first kappa shape index (κ1) is 17.4. The van der Waals surface area contributed by atoms with Gasteiger partial charge in [-0.1, -0.05) is 36.0 Å². The molecule has 0 aromatic heterocycles. The first-order chi connectivity index (χ1) is 11.0. The zero-order chi connectivity index (χ0) is 16.8. The highest BCUT2D eigenvalue weighted by Crippen LogP contribution is 2.37. The van der Waals surface area contributed by atoms with Gasteiger partial charge in [-0.3, -0.25) is 14.5 Å². The molecule has 4 nitrogen and oxygen atoms in total. The van der Waals surface area contributed by atoms with Gasteiger partial charge in [0.1, 0.15) is 0 Å². The largest absolute Gasteiger partial charge is 0.305 e. The summed E-state index contributed by atoms with van der Waals surface area (Å²) in [5.74, 6) is 0. The Kier molecular flexibility index (Phi) is 6.12. The van der Waals surface area contributed by atoms with Gasteiger partial charge >= 0.3 is 0 Å². The van der Waals surface area contributed by atoms with Crippen LogP contribution in [0.2, 0.25) is 0 Å². The quantitative estimate of drug-likeness (QED) is 0.559. The highest BCUT2D eigenvalue weighted by Gasteiger charge is 2.17. The summed E-state index contributed by atoms with van der Waals surface area (Å²) in [5.41, 5.74) is 1.79. The molecule has 6 heteroatoms. The van der Waals surface area contributed by atoms with Crippen LogP contribution >= 0.6 is 11.8 Å². The lowest BCUT2D eigenvalue weighted by atomic mass is 10.1. The topological polar surface area (TPSA) is 46.4 Å². The Morgan fingerprint density at radius 3 is 2.57 bits per heavy atom. The van der Waals surface area contributed by atoms with Gasteiger partial charge < -0.3 is 4.90 Å². The molecule has 0 fully saturated rings. The number of nitrogens with zero attached hydrogens (tertiary/aromatic N) is 2. The second kappa shape index (κ2) is 8.08. The summed E-state index contributed by atoms with van der Waals surface area (Å²) in [6, 6.07) is 12.8. The molecule has 23 heavy (non-hydrogen) atoms. The van der Waals surface area contributed by atoms with Gasteiger partial charge in [0.15, 0.2) is 0 Å². The fourth-order valence-corrected chi connectivity index (χ4v) is 3.27. The molecule has 0 unspecified atom stereocenters. The summed E-state index contributed by atoms with van der Waals surface area (Å²) in [4.78, 5) is 14.5. The van der Waals surface area contributed by atoms with Crippen LogP contribution in [-0.4, -0.2) is 30.6 Å². The zero-order valence-corrected chi connectivity index (χ0v) is 14.0. The van der Waals surface area contributed by atoms with Crippen LogP contribution in [0.5, 0.6) is 0 Å². The van der Waals surface area contributed by atoms with Crippen LogP contribution in [0.1, 0.15) is 11.1 Å². The summed E-state index contributed by atoms with van der Waals surface area (Å²) in [5, 5.41) is 11.3. The van der Waals surface area contributed by atoms with Crippen molar-refractivity contribution >= 4 is 17.4 Å². The number of hydrogen-bond acceptors (Lipinski definition) is 4. The molecular weight excluding hydrogens is 314 g/mol. The molecule has 0 heterocycles. The predicted molar refractivity (Wildman–Crippen MR) is 90.7 cm³/mol. The summed E-state index contributed by atoms with van der Waals surface area (Å²) in [6.45, 7) is 0.242. The summed E-state index contributed by atoms with van der Waals surface area (Å²) in [6.07, 6.45) is 0.197. The SMILES string of the molecule is CN(C)Cc1ccccc1Sc1ccc(CC[18F])cc1[N+](=O)[O-]. The number of nitro benzene ring substituents is 1. The van der Waals surface area contributed by atoms with Gasteiger partial charge in [-0.05, 0) is 37.4 Å². The van der Waals surface area contributed by atoms with Crippen molar-refractivity contribution in [2.24, 2.45) is 0 Å². The van der Waals surface area contributed by atoms with Crippen LogP contribution in [0.3, 0.4) is 0 Å². The maximum atomic E-state index is 12.5. The predicted octanol–water partition coefficient (Wildman–Crippen LogP) is 4.32. The lowest BCUT2D eigenvalue weighted by molar-refractivity contribution is -0.387. The number of benzene rings is 2. The first-order valence-corrected chi connectivity index (χ1v) is 8.06. The fourth-order valence-electron chi connectivity index (χ4n) is 2.25. The van der Waals surface area contributed by atoms with Crippen molar-refractivity contribution in [2.45, 2.75) is 22.8 Å². The molecule has 0 N–H and O–H groups in total. The molecule has 0 radical (unpaired) electrons. The van der Waals surface area contributed by atoms with Gasteiger partial charge in [0.2, 0.25) is 0 Å². The zero-order valence-electron chi connectivity index (χ0n) is 13.2. The molecule has 0 aliphatic heterocycles. The number of aryl methyl sites for hydroxylation is 1.